The number of carbonyl (C=O) groups excluding carboxylic acids is 1. The summed E-state index contributed by atoms with van der Waals surface area (Å²) in [4.78, 5) is 17.8. The molecule has 3 rings (SSSR count). The van der Waals surface area contributed by atoms with Crippen molar-refractivity contribution in [1.29, 1.82) is 0 Å². The molecule has 1 unspecified atom stereocenters. The highest BCUT2D eigenvalue weighted by Crippen LogP contribution is 2.31. The minimum atomic E-state index is 0.0569. The quantitative estimate of drug-likeness (QED) is 0.895. The van der Waals surface area contributed by atoms with Gasteiger partial charge in [-0.1, -0.05) is 26.0 Å². The lowest BCUT2D eigenvalue weighted by molar-refractivity contribution is -0.134. The number of H-pyrrole nitrogens is 1. The van der Waals surface area contributed by atoms with Gasteiger partial charge in [-0.15, -0.1) is 0 Å². The molecule has 1 N–H and O–H groups in total. The van der Waals surface area contributed by atoms with Crippen molar-refractivity contribution in [2.45, 2.75) is 45.6 Å². The predicted molar refractivity (Wildman–Crippen MR) is 95.2 cm³/mol. The number of likely N-dealkylation sites (tertiary alicyclic amines) is 1. The van der Waals surface area contributed by atoms with Crippen LogP contribution < -0.4 is 4.74 Å². The second-order valence-electron chi connectivity index (χ2n) is 6.84. The molecule has 1 aromatic carbocycles. The normalized spacial score (nSPS) is 17.5. The van der Waals surface area contributed by atoms with Crippen LogP contribution in [0.15, 0.2) is 36.5 Å². The molecule has 1 aromatic heterocycles. The second-order valence-corrected chi connectivity index (χ2v) is 6.84. The van der Waals surface area contributed by atoms with Gasteiger partial charge in [-0.25, -0.2) is 0 Å². The molecule has 1 atom stereocenters. The standard InChI is InChI=1S/C20H26N2O2/c1-14(2)16-9-8-15(3)19(12-16)24-13-20(23)22-11-5-7-18(22)17-6-4-10-21-17/h4,6,8-10,12,14,18,21H,5,7,11,13H2,1-3H3. The van der Waals surface area contributed by atoms with Gasteiger partial charge in [0.05, 0.1) is 6.04 Å². The minimum Gasteiger partial charge on any atom is -0.483 e. The van der Waals surface area contributed by atoms with E-state index in [1.807, 2.05) is 30.2 Å². The van der Waals surface area contributed by atoms with Crippen LogP contribution in [0, 0.1) is 6.92 Å². The zero-order valence-corrected chi connectivity index (χ0v) is 14.7. The Bertz CT molecular complexity index is 692. The van der Waals surface area contributed by atoms with Crippen LogP contribution in [0.2, 0.25) is 0 Å². The number of aromatic amines is 1. The fraction of sp³-hybridized carbons (Fsp3) is 0.450. The molecule has 0 aliphatic carbocycles. The maximum atomic E-state index is 12.6. The molecule has 2 heterocycles. The number of hydrogen-bond donors (Lipinski definition) is 1. The lowest BCUT2D eigenvalue weighted by Gasteiger charge is -2.24. The molecular weight excluding hydrogens is 300 g/mol. The van der Waals surface area contributed by atoms with E-state index < -0.39 is 0 Å². The van der Waals surface area contributed by atoms with E-state index in [0.29, 0.717) is 5.92 Å². The van der Waals surface area contributed by atoms with Crippen LogP contribution in [-0.2, 0) is 4.79 Å². The molecule has 4 heteroatoms. The first-order chi connectivity index (χ1) is 11.6. The smallest absolute Gasteiger partial charge is 0.261 e. The summed E-state index contributed by atoms with van der Waals surface area (Å²) in [7, 11) is 0. The van der Waals surface area contributed by atoms with Gasteiger partial charge < -0.3 is 14.6 Å². The Balaban J connectivity index is 1.66. The van der Waals surface area contributed by atoms with E-state index in [-0.39, 0.29) is 18.6 Å². The van der Waals surface area contributed by atoms with Gasteiger partial charge in [-0.05, 0) is 55.0 Å². The van der Waals surface area contributed by atoms with Crippen LogP contribution >= 0.6 is 0 Å². The third-order valence-electron chi connectivity index (χ3n) is 4.78. The van der Waals surface area contributed by atoms with Crippen LogP contribution in [0.25, 0.3) is 0 Å². The number of aromatic nitrogens is 1. The van der Waals surface area contributed by atoms with E-state index in [9.17, 15) is 4.79 Å². The molecule has 4 nitrogen and oxygen atoms in total. The highest BCUT2D eigenvalue weighted by Gasteiger charge is 2.30. The average Bonchev–Trinajstić information content (AvgIpc) is 3.24. The number of nitrogens with one attached hydrogen (secondary N) is 1. The fourth-order valence-corrected chi connectivity index (χ4v) is 3.29. The van der Waals surface area contributed by atoms with Crippen molar-refractivity contribution < 1.29 is 9.53 Å². The van der Waals surface area contributed by atoms with E-state index in [0.717, 1.165) is 36.4 Å². The van der Waals surface area contributed by atoms with Gasteiger partial charge in [0.2, 0.25) is 0 Å². The summed E-state index contributed by atoms with van der Waals surface area (Å²) < 4.78 is 5.87. The van der Waals surface area contributed by atoms with E-state index in [2.05, 4.69) is 37.0 Å². The highest BCUT2D eigenvalue weighted by atomic mass is 16.5. The summed E-state index contributed by atoms with van der Waals surface area (Å²) >= 11 is 0. The first-order valence-corrected chi connectivity index (χ1v) is 8.72. The molecule has 1 fully saturated rings. The Hall–Kier alpha value is -2.23. The molecule has 1 amide bonds. The topological polar surface area (TPSA) is 45.3 Å². The number of rotatable bonds is 5. The SMILES string of the molecule is Cc1ccc(C(C)C)cc1OCC(=O)N1CCCC1c1ccc[nH]1. The van der Waals surface area contributed by atoms with E-state index in [4.69, 9.17) is 4.74 Å². The highest BCUT2D eigenvalue weighted by molar-refractivity contribution is 5.78. The Morgan fingerprint density at radius 3 is 2.92 bits per heavy atom. The van der Waals surface area contributed by atoms with Crippen molar-refractivity contribution in [3.8, 4) is 5.75 Å². The molecule has 1 aliphatic heterocycles. The lowest BCUT2D eigenvalue weighted by Crippen LogP contribution is -2.34. The molecule has 0 spiro atoms. The third-order valence-corrected chi connectivity index (χ3v) is 4.78. The summed E-state index contributed by atoms with van der Waals surface area (Å²) in [5.74, 6) is 1.31. The number of benzene rings is 1. The molecule has 0 bridgehead atoms. The van der Waals surface area contributed by atoms with Crippen LogP contribution in [0.5, 0.6) is 5.75 Å². The van der Waals surface area contributed by atoms with Gasteiger partial charge in [-0.3, -0.25) is 4.79 Å². The van der Waals surface area contributed by atoms with Crippen LogP contribution in [-0.4, -0.2) is 28.9 Å². The van der Waals surface area contributed by atoms with Gasteiger partial charge in [0.15, 0.2) is 6.61 Å². The number of hydrogen-bond acceptors (Lipinski definition) is 2. The van der Waals surface area contributed by atoms with Gasteiger partial charge in [0.1, 0.15) is 5.75 Å². The number of carbonyl (C=O) groups is 1. The van der Waals surface area contributed by atoms with Gasteiger partial charge in [0.25, 0.3) is 5.91 Å². The largest absolute Gasteiger partial charge is 0.483 e. The molecule has 0 saturated carbocycles. The van der Waals surface area contributed by atoms with Crippen LogP contribution in [0.3, 0.4) is 0 Å². The lowest BCUT2D eigenvalue weighted by atomic mass is 10.0. The number of aryl methyl sites for hydroxylation is 1. The minimum absolute atomic E-state index is 0.0569. The zero-order valence-electron chi connectivity index (χ0n) is 14.7. The summed E-state index contributed by atoms with van der Waals surface area (Å²) in [5.41, 5.74) is 3.40. The van der Waals surface area contributed by atoms with Gasteiger partial charge in [-0.2, -0.15) is 0 Å². The molecule has 0 radical (unpaired) electrons. The summed E-state index contributed by atoms with van der Waals surface area (Å²) in [6.45, 7) is 7.23. The Morgan fingerprint density at radius 2 is 2.21 bits per heavy atom. The number of amides is 1. The van der Waals surface area contributed by atoms with E-state index in [1.54, 1.807) is 0 Å². The van der Waals surface area contributed by atoms with E-state index >= 15 is 0 Å². The maximum Gasteiger partial charge on any atom is 0.261 e. The van der Waals surface area contributed by atoms with Crippen molar-refractivity contribution in [2.75, 3.05) is 13.2 Å². The molecule has 1 aliphatic rings. The zero-order chi connectivity index (χ0) is 17.1. The number of ether oxygens (including phenoxy) is 1. The van der Waals surface area contributed by atoms with Crippen molar-refractivity contribution in [2.24, 2.45) is 0 Å². The molecule has 128 valence electrons. The summed E-state index contributed by atoms with van der Waals surface area (Å²) in [5, 5.41) is 0. The van der Waals surface area contributed by atoms with Crippen LogP contribution in [0.4, 0.5) is 0 Å². The monoisotopic (exact) mass is 326 g/mol. The summed E-state index contributed by atoms with van der Waals surface area (Å²) in [6.07, 6.45) is 3.96. The molecule has 1 saturated heterocycles. The second kappa shape index (κ2) is 7.12. The van der Waals surface area contributed by atoms with E-state index in [1.165, 1.54) is 5.56 Å². The molecule has 2 aromatic rings. The molecular formula is C20H26N2O2. The Morgan fingerprint density at radius 1 is 1.38 bits per heavy atom. The van der Waals surface area contributed by atoms with Crippen LogP contribution in [0.1, 0.15) is 55.5 Å². The fourth-order valence-electron chi connectivity index (χ4n) is 3.29. The number of nitrogens with zero attached hydrogens (tertiary/aromatic N) is 1. The Labute approximate surface area is 143 Å². The predicted octanol–water partition coefficient (Wildman–Crippen LogP) is 4.19. The molecule has 24 heavy (non-hydrogen) atoms. The van der Waals surface area contributed by atoms with Gasteiger partial charge >= 0.3 is 0 Å². The first-order valence-electron chi connectivity index (χ1n) is 8.72. The average molecular weight is 326 g/mol. The van der Waals surface area contributed by atoms with Crippen molar-refractivity contribution in [3.05, 3.63) is 53.3 Å². The Kier molecular flexibility index (Phi) is 4.93. The van der Waals surface area contributed by atoms with Crippen molar-refractivity contribution in [3.63, 3.8) is 0 Å². The summed E-state index contributed by atoms with van der Waals surface area (Å²) in [6, 6.07) is 10.4. The van der Waals surface area contributed by atoms with Crippen molar-refractivity contribution >= 4 is 5.91 Å². The first kappa shape index (κ1) is 16.6. The maximum absolute atomic E-state index is 12.6. The van der Waals surface area contributed by atoms with Crippen molar-refractivity contribution in [1.82, 2.24) is 9.88 Å². The third kappa shape index (κ3) is 3.48. The van der Waals surface area contributed by atoms with Gasteiger partial charge in [0, 0.05) is 18.4 Å².